The highest BCUT2D eigenvalue weighted by atomic mass is 16.5. The maximum absolute atomic E-state index is 10.7. The first-order valence-electron chi connectivity index (χ1n) is 6.89. The summed E-state index contributed by atoms with van der Waals surface area (Å²) in [5.41, 5.74) is 3.00. The Hall–Kier alpha value is -2.08. The average molecular weight is 291 g/mol. The molecule has 0 saturated heterocycles. The standard InChI is InChI=1S/C15H21N3O3/c1-11-13(4-5-14(19)20)15(17(2)16-11)18-8-6-12(7-9-18)10-21-3/h4-6H,7-10H2,1-3H3,(H,19,20)/b5-4+. The number of aromatic nitrogens is 2. The lowest BCUT2D eigenvalue weighted by Gasteiger charge is -2.28. The smallest absolute Gasteiger partial charge is 0.328 e. The monoisotopic (exact) mass is 291 g/mol. The second-order valence-electron chi connectivity index (χ2n) is 5.11. The van der Waals surface area contributed by atoms with Crippen molar-refractivity contribution >= 4 is 17.9 Å². The SMILES string of the molecule is COCC1=CCN(c2c(/C=C/C(=O)O)c(C)nn2C)CC1. The molecule has 0 bridgehead atoms. The van der Waals surface area contributed by atoms with Gasteiger partial charge in [0.2, 0.25) is 0 Å². The number of carboxylic acid groups (broad SMARTS) is 1. The molecule has 1 aliphatic rings. The predicted molar refractivity (Wildman–Crippen MR) is 81.4 cm³/mol. The molecule has 0 radical (unpaired) electrons. The molecule has 6 nitrogen and oxygen atoms in total. The molecule has 0 spiro atoms. The lowest BCUT2D eigenvalue weighted by atomic mass is 10.1. The van der Waals surface area contributed by atoms with Crippen LogP contribution in [0, 0.1) is 6.92 Å². The molecule has 1 N–H and O–H groups in total. The van der Waals surface area contributed by atoms with Crippen molar-refractivity contribution in [2.24, 2.45) is 7.05 Å². The first-order valence-corrected chi connectivity index (χ1v) is 6.89. The van der Waals surface area contributed by atoms with Crippen molar-refractivity contribution in [2.45, 2.75) is 13.3 Å². The topological polar surface area (TPSA) is 67.6 Å². The lowest BCUT2D eigenvalue weighted by Crippen LogP contribution is -2.31. The molecular formula is C15H21N3O3. The summed E-state index contributed by atoms with van der Waals surface area (Å²) < 4.78 is 6.97. The Morgan fingerprint density at radius 3 is 2.90 bits per heavy atom. The van der Waals surface area contributed by atoms with E-state index in [2.05, 4.69) is 16.1 Å². The number of anilines is 1. The lowest BCUT2D eigenvalue weighted by molar-refractivity contribution is -0.131. The summed E-state index contributed by atoms with van der Waals surface area (Å²) >= 11 is 0. The fourth-order valence-electron chi connectivity index (χ4n) is 2.61. The first kappa shape index (κ1) is 15.3. The number of nitrogens with zero attached hydrogens (tertiary/aromatic N) is 3. The van der Waals surface area contributed by atoms with Crippen molar-refractivity contribution in [1.29, 1.82) is 0 Å². The van der Waals surface area contributed by atoms with Gasteiger partial charge in [0.15, 0.2) is 0 Å². The van der Waals surface area contributed by atoms with Crippen LogP contribution in [0.2, 0.25) is 0 Å². The fourth-order valence-corrected chi connectivity index (χ4v) is 2.61. The molecule has 0 unspecified atom stereocenters. The van der Waals surface area contributed by atoms with E-state index in [0.29, 0.717) is 6.61 Å². The van der Waals surface area contributed by atoms with E-state index in [1.54, 1.807) is 13.2 Å². The summed E-state index contributed by atoms with van der Waals surface area (Å²) in [6, 6.07) is 0. The van der Waals surface area contributed by atoms with Crippen LogP contribution < -0.4 is 4.90 Å². The van der Waals surface area contributed by atoms with E-state index < -0.39 is 5.97 Å². The van der Waals surface area contributed by atoms with Crippen molar-refractivity contribution in [3.05, 3.63) is 29.0 Å². The van der Waals surface area contributed by atoms with Gasteiger partial charge in [-0.3, -0.25) is 4.68 Å². The van der Waals surface area contributed by atoms with E-state index in [0.717, 1.165) is 42.7 Å². The Morgan fingerprint density at radius 2 is 2.33 bits per heavy atom. The summed E-state index contributed by atoms with van der Waals surface area (Å²) in [4.78, 5) is 13.0. The van der Waals surface area contributed by atoms with Gasteiger partial charge in [-0.2, -0.15) is 5.10 Å². The Bertz CT molecular complexity index is 587. The van der Waals surface area contributed by atoms with Gasteiger partial charge in [0, 0.05) is 38.9 Å². The number of methoxy groups -OCH3 is 1. The Morgan fingerprint density at radius 1 is 1.57 bits per heavy atom. The zero-order valence-electron chi connectivity index (χ0n) is 12.7. The molecule has 0 atom stereocenters. The van der Waals surface area contributed by atoms with Crippen LogP contribution in [0.15, 0.2) is 17.7 Å². The second-order valence-corrected chi connectivity index (χ2v) is 5.11. The van der Waals surface area contributed by atoms with Crippen LogP contribution >= 0.6 is 0 Å². The third-order valence-corrected chi connectivity index (χ3v) is 3.56. The van der Waals surface area contributed by atoms with Gasteiger partial charge in [-0.15, -0.1) is 0 Å². The van der Waals surface area contributed by atoms with E-state index in [4.69, 9.17) is 9.84 Å². The molecule has 21 heavy (non-hydrogen) atoms. The van der Waals surface area contributed by atoms with E-state index >= 15 is 0 Å². The normalized spacial score (nSPS) is 15.6. The maximum Gasteiger partial charge on any atom is 0.328 e. The van der Waals surface area contributed by atoms with E-state index in [9.17, 15) is 4.79 Å². The van der Waals surface area contributed by atoms with Gasteiger partial charge in [0.05, 0.1) is 12.3 Å². The molecule has 0 aromatic carbocycles. The molecule has 0 aliphatic carbocycles. The number of aliphatic carboxylic acids is 1. The summed E-state index contributed by atoms with van der Waals surface area (Å²) in [7, 11) is 3.58. The zero-order chi connectivity index (χ0) is 15.4. The van der Waals surface area contributed by atoms with E-state index in [1.165, 1.54) is 5.57 Å². The number of aryl methyl sites for hydroxylation is 2. The largest absolute Gasteiger partial charge is 0.478 e. The summed E-state index contributed by atoms with van der Waals surface area (Å²) in [5, 5.41) is 13.2. The van der Waals surface area contributed by atoms with Gasteiger partial charge in [0.1, 0.15) is 5.82 Å². The molecule has 0 fully saturated rings. The predicted octanol–water partition coefficient (Wildman–Crippen LogP) is 1.61. The van der Waals surface area contributed by atoms with E-state index in [-0.39, 0.29) is 0 Å². The van der Waals surface area contributed by atoms with Crippen LogP contribution in [0.1, 0.15) is 17.7 Å². The minimum absolute atomic E-state index is 0.671. The fraction of sp³-hybridized carbons (Fsp3) is 0.467. The minimum Gasteiger partial charge on any atom is -0.478 e. The van der Waals surface area contributed by atoms with Gasteiger partial charge >= 0.3 is 5.97 Å². The zero-order valence-corrected chi connectivity index (χ0v) is 12.7. The van der Waals surface area contributed by atoms with Gasteiger partial charge in [-0.05, 0) is 25.0 Å². The number of hydrogen-bond donors (Lipinski definition) is 1. The Labute approximate surface area is 124 Å². The summed E-state index contributed by atoms with van der Waals surface area (Å²) in [6.07, 6.45) is 5.89. The quantitative estimate of drug-likeness (QED) is 0.659. The van der Waals surface area contributed by atoms with Gasteiger partial charge in [-0.1, -0.05) is 6.08 Å². The van der Waals surface area contributed by atoms with Gasteiger partial charge in [-0.25, -0.2) is 4.79 Å². The molecule has 1 aromatic rings. The van der Waals surface area contributed by atoms with Crippen LogP contribution in [0.25, 0.3) is 6.08 Å². The van der Waals surface area contributed by atoms with Crippen LogP contribution in [0.3, 0.4) is 0 Å². The first-order chi connectivity index (χ1) is 10.0. The number of ether oxygens (including phenoxy) is 1. The number of carboxylic acids is 1. The molecule has 1 aromatic heterocycles. The van der Waals surface area contributed by atoms with Crippen molar-refractivity contribution in [3.63, 3.8) is 0 Å². The molecule has 1 aliphatic heterocycles. The van der Waals surface area contributed by atoms with Gasteiger partial charge in [0.25, 0.3) is 0 Å². The third kappa shape index (κ3) is 3.52. The van der Waals surface area contributed by atoms with Gasteiger partial charge < -0.3 is 14.7 Å². The van der Waals surface area contributed by atoms with Crippen molar-refractivity contribution in [2.75, 3.05) is 31.7 Å². The van der Waals surface area contributed by atoms with E-state index in [1.807, 2.05) is 18.7 Å². The second kappa shape index (κ2) is 6.58. The van der Waals surface area contributed by atoms with Crippen LogP contribution in [0.5, 0.6) is 0 Å². The van der Waals surface area contributed by atoms with Crippen molar-refractivity contribution in [1.82, 2.24) is 9.78 Å². The van der Waals surface area contributed by atoms with Crippen molar-refractivity contribution < 1.29 is 14.6 Å². The highest BCUT2D eigenvalue weighted by molar-refractivity contribution is 5.87. The molecule has 2 heterocycles. The Balaban J connectivity index is 2.26. The molecule has 2 rings (SSSR count). The molecule has 114 valence electrons. The highest BCUT2D eigenvalue weighted by Gasteiger charge is 2.20. The third-order valence-electron chi connectivity index (χ3n) is 3.56. The summed E-state index contributed by atoms with van der Waals surface area (Å²) in [5.74, 6) is 0.00263. The number of hydrogen-bond acceptors (Lipinski definition) is 4. The highest BCUT2D eigenvalue weighted by Crippen LogP contribution is 2.27. The maximum atomic E-state index is 10.7. The summed E-state index contributed by atoms with van der Waals surface area (Å²) in [6.45, 7) is 4.22. The molecule has 0 amide bonds. The van der Waals surface area contributed by atoms with Crippen molar-refractivity contribution in [3.8, 4) is 0 Å². The average Bonchev–Trinajstić information content (AvgIpc) is 2.72. The molecular weight excluding hydrogens is 270 g/mol. The molecule has 6 heteroatoms. The Kier molecular flexibility index (Phi) is 4.80. The number of carbonyl (C=O) groups is 1. The number of rotatable bonds is 5. The van der Waals surface area contributed by atoms with Crippen LogP contribution in [-0.2, 0) is 16.6 Å². The minimum atomic E-state index is -0.954. The van der Waals surface area contributed by atoms with Crippen LogP contribution in [0.4, 0.5) is 5.82 Å². The van der Waals surface area contributed by atoms with Crippen LogP contribution in [-0.4, -0.2) is 47.7 Å². The molecule has 0 saturated carbocycles.